The van der Waals surface area contributed by atoms with Gasteiger partial charge in [0, 0.05) is 4.47 Å². The summed E-state index contributed by atoms with van der Waals surface area (Å²) in [5.41, 5.74) is -0.575. The first-order valence-electron chi connectivity index (χ1n) is 4.67. The van der Waals surface area contributed by atoms with Crippen molar-refractivity contribution < 1.29 is 13.3 Å². The molecule has 16 heavy (non-hydrogen) atoms. The lowest BCUT2D eigenvalue weighted by Gasteiger charge is -2.19. The van der Waals surface area contributed by atoms with Crippen molar-refractivity contribution in [1.82, 2.24) is 4.89 Å². The van der Waals surface area contributed by atoms with Crippen LogP contribution in [0.1, 0.15) is 20.8 Å². The Morgan fingerprint density at radius 3 is 2.31 bits per heavy atom. The van der Waals surface area contributed by atoms with Crippen molar-refractivity contribution in [1.29, 1.82) is 0 Å². The molecule has 0 saturated carbocycles. The van der Waals surface area contributed by atoms with E-state index in [1.165, 1.54) is 6.07 Å². The zero-order valence-electron chi connectivity index (χ0n) is 9.32. The minimum atomic E-state index is -3.64. The molecular formula is C10H14BrNO3S. The van der Waals surface area contributed by atoms with Crippen LogP contribution < -0.4 is 4.89 Å². The van der Waals surface area contributed by atoms with Gasteiger partial charge in [-0.1, -0.05) is 17.0 Å². The SMILES string of the molecule is CC(C)(C)ONS(=O)(=O)c1ccccc1Br. The maximum absolute atomic E-state index is 11.8. The second-order valence-corrected chi connectivity index (χ2v) is 6.70. The fraction of sp³-hybridized carbons (Fsp3) is 0.400. The maximum atomic E-state index is 11.8. The molecule has 90 valence electrons. The Kier molecular flexibility index (Phi) is 4.12. The predicted molar refractivity (Wildman–Crippen MR) is 65.3 cm³/mol. The first-order valence-corrected chi connectivity index (χ1v) is 6.94. The number of halogens is 1. The van der Waals surface area contributed by atoms with Crippen LogP contribution >= 0.6 is 15.9 Å². The zero-order chi connectivity index (χ0) is 12.4. The smallest absolute Gasteiger partial charge is 0.263 e. The molecule has 1 N–H and O–H groups in total. The molecule has 0 saturated heterocycles. The number of benzene rings is 1. The van der Waals surface area contributed by atoms with Crippen molar-refractivity contribution in [2.45, 2.75) is 31.3 Å². The fourth-order valence-electron chi connectivity index (χ4n) is 0.887. The molecule has 1 rings (SSSR count). The Morgan fingerprint density at radius 2 is 1.81 bits per heavy atom. The summed E-state index contributed by atoms with van der Waals surface area (Å²) in [5.74, 6) is 0. The van der Waals surface area contributed by atoms with Gasteiger partial charge in [-0.2, -0.15) is 0 Å². The van der Waals surface area contributed by atoms with E-state index in [0.717, 1.165) is 0 Å². The van der Waals surface area contributed by atoms with E-state index in [-0.39, 0.29) is 4.90 Å². The predicted octanol–water partition coefficient (Wildman–Crippen LogP) is 2.46. The number of hydrogen-bond donors (Lipinski definition) is 1. The molecule has 4 nitrogen and oxygen atoms in total. The van der Waals surface area contributed by atoms with E-state index in [9.17, 15) is 8.42 Å². The summed E-state index contributed by atoms with van der Waals surface area (Å²) in [6.07, 6.45) is 0. The molecule has 0 aliphatic rings. The second-order valence-electron chi connectivity index (χ2n) is 4.23. The quantitative estimate of drug-likeness (QED) is 0.873. The Balaban J connectivity index is 2.92. The van der Waals surface area contributed by atoms with E-state index >= 15 is 0 Å². The Hall–Kier alpha value is -0.430. The van der Waals surface area contributed by atoms with E-state index in [1.807, 2.05) is 0 Å². The van der Waals surface area contributed by atoms with Crippen LogP contribution in [0.5, 0.6) is 0 Å². The highest BCUT2D eigenvalue weighted by Gasteiger charge is 2.20. The van der Waals surface area contributed by atoms with Gasteiger partial charge in [-0.05, 0) is 48.8 Å². The molecule has 0 aliphatic carbocycles. The summed E-state index contributed by atoms with van der Waals surface area (Å²) in [6, 6.07) is 6.55. The van der Waals surface area contributed by atoms with Gasteiger partial charge in [0.25, 0.3) is 10.0 Å². The molecule has 0 fully saturated rings. The van der Waals surface area contributed by atoms with Crippen LogP contribution in [0.4, 0.5) is 0 Å². The highest BCUT2D eigenvalue weighted by Crippen LogP contribution is 2.21. The van der Waals surface area contributed by atoms with Gasteiger partial charge in [-0.15, -0.1) is 0 Å². The van der Waals surface area contributed by atoms with Crippen LogP contribution in [-0.2, 0) is 14.9 Å². The third-order valence-corrected chi connectivity index (χ3v) is 3.78. The molecule has 0 amide bonds. The van der Waals surface area contributed by atoms with Gasteiger partial charge in [0.1, 0.15) is 0 Å². The number of nitrogens with one attached hydrogen (secondary N) is 1. The first kappa shape index (κ1) is 13.6. The Bertz CT molecular complexity index is 465. The summed E-state index contributed by atoms with van der Waals surface area (Å²) >= 11 is 3.18. The maximum Gasteiger partial charge on any atom is 0.263 e. The van der Waals surface area contributed by atoms with E-state index in [2.05, 4.69) is 20.8 Å². The normalized spacial score (nSPS) is 12.8. The van der Waals surface area contributed by atoms with Crippen LogP contribution in [0.25, 0.3) is 0 Å². The fourth-order valence-corrected chi connectivity index (χ4v) is 2.84. The molecule has 0 heterocycles. The lowest BCUT2D eigenvalue weighted by atomic mass is 10.2. The van der Waals surface area contributed by atoms with E-state index in [1.54, 1.807) is 39.0 Å². The molecule has 0 aliphatic heterocycles. The number of hydrogen-bond acceptors (Lipinski definition) is 3. The molecule has 0 radical (unpaired) electrons. The second kappa shape index (κ2) is 4.83. The largest absolute Gasteiger partial charge is 0.281 e. The van der Waals surface area contributed by atoms with Gasteiger partial charge in [0.2, 0.25) is 0 Å². The van der Waals surface area contributed by atoms with Crippen LogP contribution in [0.3, 0.4) is 0 Å². The third kappa shape index (κ3) is 3.86. The van der Waals surface area contributed by atoms with Crippen molar-refractivity contribution in [2.24, 2.45) is 0 Å². The molecule has 0 atom stereocenters. The molecule has 0 unspecified atom stereocenters. The minimum Gasteiger partial charge on any atom is -0.281 e. The highest BCUT2D eigenvalue weighted by atomic mass is 79.9. The molecule has 0 spiro atoms. The lowest BCUT2D eigenvalue weighted by Crippen LogP contribution is -2.33. The number of rotatable bonds is 3. The van der Waals surface area contributed by atoms with Crippen LogP contribution in [0.2, 0.25) is 0 Å². The average molecular weight is 308 g/mol. The summed E-state index contributed by atoms with van der Waals surface area (Å²) in [5, 5.41) is 0. The van der Waals surface area contributed by atoms with Gasteiger partial charge in [0.15, 0.2) is 0 Å². The zero-order valence-corrected chi connectivity index (χ0v) is 11.7. The topological polar surface area (TPSA) is 55.4 Å². The van der Waals surface area contributed by atoms with Crippen molar-refractivity contribution >= 4 is 26.0 Å². The number of sulfonamides is 1. The average Bonchev–Trinajstić information content (AvgIpc) is 2.14. The van der Waals surface area contributed by atoms with E-state index in [4.69, 9.17) is 4.84 Å². The van der Waals surface area contributed by atoms with Gasteiger partial charge in [-0.25, -0.2) is 8.42 Å². The van der Waals surface area contributed by atoms with E-state index < -0.39 is 15.6 Å². The van der Waals surface area contributed by atoms with Crippen LogP contribution in [0.15, 0.2) is 33.6 Å². The van der Waals surface area contributed by atoms with Gasteiger partial charge in [0.05, 0.1) is 10.5 Å². The summed E-state index contributed by atoms with van der Waals surface area (Å²) in [4.78, 5) is 7.30. The molecule has 0 bridgehead atoms. The van der Waals surface area contributed by atoms with Crippen molar-refractivity contribution in [3.63, 3.8) is 0 Å². The standard InChI is InChI=1S/C10H14BrNO3S/c1-10(2,3)15-12-16(13,14)9-7-5-4-6-8(9)11/h4-7,12H,1-3H3. The van der Waals surface area contributed by atoms with Crippen LogP contribution in [-0.4, -0.2) is 14.0 Å². The molecule has 0 aromatic heterocycles. The monoisotopic (exact) mass is 307 g/mol. The van der Waals surface area contributed by atoms with Crippen molar-refractivity contribution in [3.05, 3.63) is 28.7 Å². The van der Waals surface area contributed by atoms with Crippen molar-refractivity contribution in [2.75, 3.05) is 0 Å². The first-order chi connectivity index (χ1) is 7.22. The molecular weight excluding hydrogens is 294 g/mol. The third-order valence-electron chi connectivity index (χ3n) is 1.58. The Labute approximate surface area is 104 Å². The minimum absolute atomic E-state index is 0.152. The van der Waals surface area contributed by atoms with Gasteiger partial charge < -0.3 is 0 Å². The summed E-state index contributed by atoms with van der Waals surface area (Å²) in [7, 11) is -3.64. The Morgan fingerprint density at radius 1 is 1.25 bits per heavy atom. The lowest BCUT2D eigenvalue weighted by molar-refractivity contribution is -0.0357. The van der Waals surface area contributed by atoms with Crippen molar-refractivity contribution in [3.8, 4) is 0 Å². The molecule has 1 aromatic rings. The van der Waals surface area contributed by atoms with Gasteiger partial charge >= 0.3 is 0 Å². The highest BCUT2D eigenvalue weighted by molar-refractivity contribution is 9.10. The molecule has 1 aromatic carbocycles. The summed E-state index contributed by atoms with van der Waals surface area (Å²) in [6.45, 7) is 5.28. The summed E-state index contributed by atoms with van der Waals surface area (Å²) < 4.78 is 24.2. The molecule has 6 heteroatoms. The van der Waals surface area contributed by atoms with Gasteiger partial charge in [-0.3, -0.25) is 4.84 Å². The van der Waals surface area contributed by atoms with Crippen LogP contribution in [0, 0.1) is 0 Å². The van der Waals surface area contributed by atoms with E-state index in [0.29, 0.717) is 4.47 Å².